The predicted molar refractivity (Wildman–Crippen MR) is 131 cm³/mol. The zero-order valence-electron chi connectivity index (χ0n) is 17.2. The van der Waals surface area contributed by atoms with Gasteiger partial charge in [-0.3, -0.25) is 9.67 Å². The lowest BCUT2D eigenvalue weighted by atomic mass is 10.2. The number of guanidine groups is 1. The SMILES string of the molecule is CN=C(NCc1ccc(N2CCSCC2)cc1)NCc1c(C)nn(C)c1C.I. The van der Waals surface area contributed by atoms with Crippen LogP contribution in [0.1, 0.15) is 22.5 Å². The van der Waals surface area contributed by atoms with Crippen molar-refractivity contribution in [1.82, 2.24) is 20.4 Å². The molecule has 28 heavy (non-hydrogen) atoms. The number of nitrogens with one attached hydrogen (secondary N) is 2. The summed E-state index contributed by atoms with van der Waals surface area (Å²) in [7, 11) is 3.78. The average molecular weight is 514 g/mol. The molecular formula is C20H31IN6S. The molecule has 1 saturated heterocycles. The molecule has 1 aromatic heterocycles. The van der Waals surface area contributed by atoms with Crippen LogP contribution in [0.2, 0.25) is 0 Å². The van der Waals surface area contributed by atoms with E-state index in [1.807, 2.05) is 30.4 Å². The molecule has 0 radical (unpaired) electrons. The molecule has 0 bridgehead atoms. The third-order valence-corrected chi connectivity index (χ3v) is 6.03. The van der Waals surface area contributed by atoms with Gasteiger partial charge in [-0.05, 0) is 31.5 Å². The number of halogens is 1. The molecule has 0 unspecified atom stereocenters. The number of aryl methyl sites for hydroxylation is 2. The van der Waals surface area contributed by atoms with Gasteiger partial charge in [0.15, 0.2) is 5.96 Å². The van der Waals surface area contributed by atoms with Gasteiger partial charge < -0.3 is 15.5 Å². The normalized spacial score (nSPS) is 14.6. The van der Waals surface area contributed by atoms with Crippen molar-refractivity contribution in [3.8, 4) is 0 Å². The molecule has 0 saturated carbocycles. The summed E-state index contributed by atoms with van der Waals surface area (Å²) in [6.45, 7) is 7.90. The van der Waals surface area contributed by atoms with Gasteiger partial charge in [-0.25, -0.2) is 0 Å². The second-order valence-corrected chi connectivity index (χ2v) is 8.04. The summed E-state index contributed by atoms with van der Waals surface area (Å²) in [5.74, 6) is 3.25. The largest absolute Gasteiger partial charge is 0.370 e. The minimum absolute atomic E-state index is 0. The highest BCUT2D eigenvalue weighted by atomic mass is 127. The van der Waals surface area contributed by atoms with Crippen molar-refractivity contribution in [2.75, 3.05) is 36.5 Å². The summed E-state index contributed by atoms with van der Waals surface area (Å²) in [6.07, 6.45) is 0. The first-order valence-electron chi connectivity index (χ1n) is 9.43. The summed E-state index contributed by atoms with van der Waals surface area (Å²) in [5.41, 5.74) is 6.04. The Kier molecular flexibility index (Phi) is 8.94. The number of hydrogen-bond donors (Lipinski definition) is 2. The lowest BCUT2D eigenvalue weighted by Gasteiger charge is -2.28. The fourth-order valence-electron chi connectivity index (χ4n) is 3.30. The van der Waals surface area contributed by atoms with Gasteiger partial charge in [0.05, 0.1) is 5.69 Å². The van der Waals surface area contributed by atoms with Crippen LogP contribution in [0.5, 0.6) is 0 Å². The fraction of sp³-hybridized carbons (Fsp3) is 0.500. The topological polar surface area (TPSA) is 57.5 Å². The number of nitrogens with zero attached hydrogens (tertiary/aromatic N) is 4. The van der Waals surface area contributed by atoms with Crippen LogP contribution in [0.15, 0.2) is 29.3 Å². The summed E-state index contributed by atoms with van der Waals surface area (Å²) in [6, 6.07) is 8.86. The van der Waals surface area contributed by atoms with Crippen molar-refractivity contribution in [1.29, 1.82) is 0 Å². The first kappa shape index (κ1) is 22.9. The molecule has 2 heterocycles. The van der Waals surface area contributed by atoms with Crippen molar-refractivity contribution >= 4 is 47.4 Å². The zero-order chi connectivity index (χ0) is 19.2. The third kappa shape index (κ3) is 5.79. The number of hydrogen-bond acceptors (Lipinski definition) is 4. The molecule has 0 spiro atoms. The van der Waals surface area contributed by atoms with Crippen LogP contribution < -0.4 is 15.5 Å². The van der Waals surface area contributed by atoms with Crippen molar-refractivity contribution in [2.45, 2.75) is 26.9 Å². The molecule has 2 aromatic rings. The Bertz CT molecular complexity index is 781. The lowest BCUT2D eigenvalue weighted by molar-refractivity contribution is 0.728. The summed E-state index contributed by atoms with van der Waals surface area (Å²) in [5, 5.41) is 11.3. The number of thioether (sulfide) groups is 1. The summed E-state index contributed by atoms with van der Waals surface area (Å²) in [4.78, 5) is 6.80. The van der Waals surface area contributed by atoms with E-state index < -0.39 is 0 Å². The van der Waals surface area contributed by atoms with E-state index in [9.17, 15) is 0 Å². The first-order valence-corrected chi connectivity index (χ1v) is 10.6. The highest BCUT2D eigenvalue weighted by Crippen LogP contribution is 2.19. The Labute approximate surface area is 189 Å². The van der Waals surface area contributed by atoms with E-state index in [1.165, 1.54) is 34.0 Å². The quantitative estimate of drug-likeness (QED) is 0.365. The predicted octanol–water partition coefficient (Wildman–Crippen LogP) is 3.07. The number of anilines is 1. The first-order chi connectivity index (χ1) is 13.1. The smallest absolute Gasteiger partial charge is 0.191 e. The van der Waals surface area contributed by atoms with Crippen molar-refractivity contribution < 1.29 is 0 Å². The van der Waals surface area contributed by atoms with Crippen molar-refractivity contribution in [3.05, 3.63) is 46.8 Å². The van der Waals surface area contributed by atoms with E-state index >= 15 is 0 Å². The molecule has 1 fully saturated rings. The van der Waals surface area contributed by atoms with Gasteiger partial charge in [-0.15, -0.1) is 24.0 Å². The molecule has 0 amide bonds. The van der Waals surface area contributed by atoms with Crippen molar-refractivity contribution in [3.63, 3.8) is 0 Å². The Hall–Kier alpha value is -1.42. The van der Waals surface area contributed by atoms with Gasteiger partial charge in [-0.1, -0.05) is 12.1 Å². The molecule has 154 valence electrons. The molecule has 8 heteroatoms. The highest BCUT2D eigenvalue weighted by Gasteiger charge is 2.11. The van der Waals surface area contributed by atoms with Crippen LogP contribution >= 0.6 is 35.7 Å². The van der Waals surface area contributed by atoms with E-state index in [4.69, 9.17) is 0 Å². The Morgan fingerprint density at radius 3 is 2.32 bits per heavy atom. The molecule has 6 nitrogen and oxygen atoms in total. The highest BCUT2D eigenvalue weighted by molar-refractivity contribution is 14.0. The monoisotopic (exact) mass is 514 g/mol. The zero-order valence-corrected chi connectivity index (χ0v) is 20.3. The van der Waals surface area contributed by atoms with E-state index in [-0.39, 0.29) is 24.0 Å². The maximum atomic E-state index is 4.47. The van der Waals surface area contributed by atoms with Crippen LogP contribution in [0.3, 0.4) is 0 Å². The van der Waals surface area contributed by atoms with Crippen molar-refractivity contribution in [2.24, 2.45) is 12.0 Å². The van der Waals surface area contributed by atoms with E-state index in [0.29, 0.717) is 0 Å². The number of benzene rings is 1. The van der Waals surface area contributed by atoms with Gasteiger partial charge in [0, 0.05) is 68.7 Å². The van der Waals surface area contributed by atoms with Crippen LogP contribution in [-0.2, 0) is 20.1 Å². The standard InChI is InChI=1S/C20H30N6S.HI/c1-15-19(16(2)25(4)24-15)14-23-20(21-3)22-13-17-5-7-18(8-6-17)26-9-11-27-12-10-26;/h5-8H,9-14H2,1-4H3,(H2,21,22,23);1H. The molecule has 0 atom stereocenters. The molecule has 3 rings (SSSR count). The number of rotatable bonds is 5. The minimum atomic E-state index is 0. The Morgan fingerprint density at radius 1 is 1.11 bits per heavy atom. The Morgan fingerprint density at radius 2 is 1.75 bits per heavy atom. The van der Waals surface area contributed by atoms with Crippen LogP contribution in [0.4, 0.5) is 5.69 Å². The van der Waals surface area contributed by atoms with Gasteiger partial charge >= 0.3 is 0 Å². The second-order valence-electron chi connectivity index (χ2n) is 6.82. The van der Waals surface area contributed by atoms with Gasteiger partial charge in [0.1, 0.15) is 0 Å². The van der Waals surface area contributed by atoms with E-state index in [2.05, 4.69) is 56.8 Å². The second kappa shape index (κ2) is 10.9. The van der Waals surface area contributed by atoms with Gasteiger partial charge in [0.2, 0.25) is 0 Å². The number of aromatic nitrogens is 2. The maximum Gasteiger partial charge on any atom is 0.191 e. The molecule has 2 N–H and O–H groups in total. The minimum Gasteiger partial charge on any atom is -0.370 e. The molecule has 1 aromatic carbocycles. The van der Waals surface area contributed by atoms with E-state index in [0.717, 1.165) is 37.8 Å². The van der Waals surface area contributed by atoms with Crippen LogP contribution in [0.25, 0.3) is 0 Å². The van der Waals surface area contributed by atoms with Gasteiger partial charge in [-0.2, -0.15) is 16.9 Å². The van der Waals surface area contributed by atoms with Crippen LogP contribution in [0, 0.1) is 13.8 Å². The summed E-state index contributed by atoms with van der Waals surface area (Å²) < 4.78 is 1.92. The molecule has 1 aliphatic rings. The molecular weight excluding hydrogens is 483 g/mol. The van der Waals surface area contributed by atoms with Gasteiger partial charge in [0.25, 0.3) is 0 Å². The Balaban J connectivity index is 0.00000280. The fourth-order valence-corrected chi connectivity index (χ4v) is 4.20. The maximum absolute atomic E-state index is 4.47. The van der Waals surface area contributed by atoms with E-state index in [1.54, 1.807) is 7.05 Å². The number of aliphatic imine (C=N–C) groups is 1. The average Bonchev–Trinajstić information content (AvgIpc) is 2.95. The van der Waals surface area contributed by atoms with Crippen LogP contribution in [-0.4, -0.2) is 47.4 Å². The lowest BCUT2D eigenvalue weighted by Crippen LogP contribution is -2.36. The third-order valence-electron chi connectivity index (χ3n) is 5.09. The molecule has 1 aliphatic heterocycles. The molecule has 0 aliphatic carbocycles. The summed E-state index contributed by atoms with van der Waals surface area (Å²) >= 11 is 2.04.